The lowest BCUT2D eigenvalue weighted by molar-refractivity contribution is 0.537. The molecular weight excluding hydrogens is 479 g/mol. The summed E-state index contributed by atoms with van der Waals surface area (Å²) in [7, 11) is 0. The highest BCUT2D eigenvalue weighted by Gasteiger charge is 2.22. The Labute approximate surface area is 212 Å². The summed E-state index contributed by atoms with van der Waals surface area (Å²) in [5, 5.41) is 0.756. The fourth-order valence-electron chi connectivity index (χ4n) is 4.15. The molecule has 0 spiro atoms. The Balaban J connectivity index is 1.62. The van der Waals surface area contributed by atoms with Crippen molar-refractivity contribution in [2.75, 3.05) is 5.73 Å². The number of hydrogen-bond acceptors (Lipinski definition) is 3. The molecule has 2 heterocycles. The van der Waals surface area contributed by atoms with Gasteiger partial charge in [0, 0.05) is 29.4 Å². The fourth-order valence-corrected chi connectivity index (χ4v) is 4.55. The van der Waals surface area contributed by atoms with Gasteiger partial charge in [0.15, 0.2) is 0 Å². The number of anilines is 1. The summed E-state index contributed by atoms with van der Waals surface area (Å²) >= 11 is 12.7. The summed E-state index contributed by atoms with van der Waals surface area (Å²) in [6.07, 6.45) is 4.13. The Morgan fingerprint density at radius 2 is 1.63 bits per heavy atom. The third kappa shape index (κ3) is 4.74. The lowest BCUT2D eigenvalue weighted by Crippen LogP contribution is -2.28. The van der Waals surface area contributed by atoms with Crippen LogP contribution < -0.4 is 11.3 Å². The fraction of sp³-hybridized carbons (Fsp3) is 0.0714. The minimum Gasteiger partial charge on any atom is -0.399 e. The summed E-state index contributed by atoms with van der Waals surface area (Å²) in [4.78, 5) is 21.8. The molecule has 0 fully saturated rings. The van der Waals surface area contributed by atoms with Crippen LogP contribution >= 0.6 is 23.2 Å². The maximum Gasteiger partial charge on any atom is 0.259 e. The Morgan fingerprint density at radius 3 is 2.40 bits per heavy atom. The first-order chi connectivity index (χ1) is 17.0. The Bertz CT molecular complexity index is 1530. The number of halogens is 2. The molecule has 0 saturated heterocycles. The summed E-state index contributed by atoms with van der Waals surface area (Å²) in [5.41, 5.74) is 10.3. The first-order valence-electron chi connectivity index (χ1n) is 11.1. The third-order valence-corrected chi connectivity index (χ3v) is 6.78. The lowest BCUT2D eigenvalue weighted by atomic mass is 10.0. The van der Waals surface area contributed by atoms with Crippen LogP contribution in [0.25, 0.3) is 22.4 Å². The molecule has 1 atom stereocenters. The van der Waals surface area contributed by atoms with Gasteiger partial charge in [0.25, 0.3) is 5.56 Å². The summed E-state index contributed by atoms with van der Waals surface area (Å²) in [6.45, 7) is 0. The van der Waals surface area contributed by atoms with Gasteiger partial charge in [-0.3, -0.25) is 4.79 Å². The van der Waals surface area contributed by atoms with Crippen LogP contribution in [0, 0.1) is 0 Å². The number of nitrogens with two attached hydrogens (primary N) is 1. The number of pyridine rings is 1. The van der Waals surface area contributed by atoms with Crippen LogP contribution in [0.3, 0.4) is 0 Å². The minimum atomic E-state index is -0.370. The van der Waals surface area contributed by atoms with Crippen LogP contribution in [0.4, 0.5) is 5.69 Å². The molecule has 0 bridgehead atoms. The molecule has 2 aromatic heterocycles. The quantitative estimate of drug-likeness (QED) is 0.257. The van der Waals surface area contributed by atoms with Gasteiger partial charge in [0.1, 0.15) is 5.82 Å². The predicted molar refractivity (Wildman–Crippen MR) is 143 cm³/mol. The molecule has 5 nitrogen and oxygen atoms in total. The maximum absolute atomic E-state index is 13.8. The molecule has 35 heavy (non-hydrogen) atoms. The van der Waals surface area contributed by atoms with E-state index in [1.54, 1.807) is 41.2 Å². The second-order valence-corrected chi connectivity index (χ2v) is 9.03. The van der Waals surface area contributed by atoms with Crippen LogP contribution in [0.2, 0.25) is 10.0 Å². The summed E-state index contributed by atoms with van der Waals surface area (Å²) in [5.74, 6) is 0.678. The van der Waals surface area contributed by atoms with E-state index >= 15 is 0 Å². The number of aromatic amines is 1. The zero-order valence-electron chi connectivity index (χ0n) is 18.7. The number of rotatable bonds is 6. The van der Waals surface area contributed by atoms with Gasteiger partial charge >= 0.3 is 0 Å². The normalized spacial score (nSPS) is 11.9. The van der Waals surface area contributed by atoms with E-state index in [2.05, 4.69) is 9.97 Å². The first-order valence-corrected chi connectivity index (χ1v) is 11.9. The molecule has 0 amide bonds. The van der Waals surface area contributed by atoms with Crippen molar-refractivity contribution in [2.24, 2.45) is 0 Å². The number of nitrogen functional groups attached to an aromatic ring is 1. The molecule has 0 aliphatic heterocycles. The van der Waals surface area contributed by atoms with Crippen molar-refractivity contribution in [3.63, 3.8) is 0 Å². The van der Waals surface area contributed by atoms with E-state index < -0.39 is 0 Å². The molecule has 7 heteroatoms. The Kier molecular flexibility index (Phi) is 6.45. The maximum atomic E-state index is 13.8. The number of H-pyrrole nitrogens is 1. The van der Waals surface area contributed by atoms with Crippen LogP contribution in [0.15, 0.2) is 102 Å². The van der Waals surface area contributed by atoms with Crippen LogP contribution in [-0.4, -0.2) is 14.5 Å². The number of aromatic nitrogens is 3. The molecule has 0 saturated carbocycles. The highest BCUT2D eigenvalue weighted by molar-refractivity contribution is 6.43. The molecular formula is C28H22Cl2N4O. The molecule has 1 unspecified atom stereocenters. The van der Waals surface area contributed by atoms with Crippen LogP contribution in [0.1, 0.15) is 17.4 Å². The van der Waals surface area contributed by atoms with Gasteiger partial charge in [-0.2, -0.15) is 0 Å². The lowest BCUT2D eigenvalue weighted by Gasteiger charge is -2.19. The molecule has 3 aromatic carbocycles. The molecule has 5 rings (SSSR count). The zero-order chi connectivity index (χ0) is 24.4. The minimum absolute atomic E-state index is 0.178. The predicted octanol–water partition coefficient (Wildman–Crippen LogP) is 6.63. The molecule has 3 N–H and O–H groups in total. The topological polar surface area (TPSA) is 76.7 Å². The summed E-state index contributed by atoms with van der Waals surface area (Å²) < 4.78 is 1.70. The molecule has 0 aliphatic carbocycles. The monoisotopic (exact) mass is 500 g/mol. The van der Waals surface area contributed by atoms with E-state index in [0.717, 1.165) is 16.8 Å². The smallest absolute Gasteiger partial charge is 0.259 e. The third-order valence-electron chi connectivity index (χ3n) is 5.96. The number of nitrogens with one attached hydrogen (secondary N) is 1. The average Bonchev–Trinajstić information content (AvgIpc) is 3.36. The van der Waals surface area contributed by atoms with Gasteiger partial charge in [0.05, 0.1) is 28.0 Å². The van der Waals surface area contributed by atoms with E-state index in [1.807, 2.05) is 60.7 Å². The van der Waals surface area contributed by atoms with Gasteiger partial charge < -0.3 is 15.3 Å². The summed E-state index contributed by atoms with van der Waals surface area (Å²) in [6, 6.07) is 26.1. The first kappa shape index (κ1) is 23.0. The average molecular weight is 501 g/mol. The van der Waals surface area contributed by atoms with Gasteiger partial charge in [-0.15, -0.1) is 0 Å². The molecule has 0 aliphatic rings. The van der Waals surface area contributed by atoms with Gasteiger partial charge in [0.2, 0.25) is 0 Å². The van der Waals surface area contributed by atoms with Crippen molar-refractivity contribution < 1.29 is 0 Å². The molecule has 174 valence electrons. The van der Waals surface area contributed by atoms with Crippen molar-refractivity contribution >= 4 is 28.9 Å². The van der Waals surface area contributed by atoms with E-state index in [1.165, 1.54) is 0 Å². The van der Waals surface area contributed by atoms with E-state index in [4.69, 9.17) is 28.9 Å². The zero-order valence-corrected chi connectivity index (χ0v) is 20.2. The van der Waals surface area contributed by atoms with Crippen molar-refractivity contribution in [3.05, 3.63) is 129 Å². The van der Waals surface area contributed by atoms with Gasteiger partial charge in [-0.1, -0.05) is 77.8 Å². The van der Waals surface area contributed by atoms with E-state index in [0.29, 0.717) is 39.1 Å². The van der Waals surface area contributed by atoms with Crippen LogP contribution in [0.5, 0.6) is 0 Å². The van der Waals surface area contributed by atoms with Crippen molar-refractivity contribution in [3.8, 4) is 22.4 Å². The Hall–Kier alpha value is -3.80. The van der Waals surface area contributed by atoms with Crippen molar-refractivity contribution in [1.29, 1.82) is 0 Å². The van der Waals surface area contributed by atoms with E-state index in [-0.39, 0.29) is 11.6 Å². The highest BCUT2D eigenvalue weighted by Crippen LogP contribution is 2.32. The van der Waals surface area contributed by atoms with Crippen molar-refractivity contribution in [2.45, 2.75) is 12.5 Å². The van der Waals surface area contributed by atoms with Gasteiger partial charge in [-0.25, -0.2) is 4.98 Å². The van der Waals surface area contributed by atoms with Crippen molar-refractivity contribution in [1.82, 2.24) is 14.5 Å². The van der Waals surface area contributed by atoms with Crippen LogP contribution in [-0.2, 0) is 6.42 Å². The second kappa shape index (κ2) is 9.82. The highest BCUT2D eigenvalue weighted by atomic mass is 35.5. The largest absolute Gasteiger partial charge is 0.399 e. The van der Waals surface area contributed by atoms with Gasteiger partial charge in [-0.05, 0) is 41.5 Å². The number of nitrogens with zero attached hydrogens (tertiary/aromatic N) is 2. The Morgan fingerprint density at radius 1 is 0.886 bits per heavy atom. The number of imidazole rings is 1. The second-order valence-electron chi connectivity index (χ2n) is 8.25. The number of hydrogen-bond donors (Lipinski definition) is 2. The molecule has 5 aromatic rings. The number of benzene rings is 3. The SMILES string of the molecule is Nc1ccc(-c2cnc(C(Cc3ccccc3)n3cccc(-c4cccc(Cl)c4Cl)c3=O)[nH]2)cc1. The molecule has 0 radical (unpaired) electrons. The standard InChI is InChI=1S/C28H22Cl2N4O/c29-23-10-4-8-21(26(23)30)22-9-5-15-34(28(22)35)25(16-18-6-2-1-3-7-18)27-32-17-24(33-27)19-11-13-20(31)14-12-19/h1-15,17,25H,16,31H2,(H,32,33). The van der Waals surface area contributed by atoms with E-state index in [9.17, 15) is 4.79 Å².